The number of furan rings is 1. The van der Waals surface area contributed by atoms with E-state index in [0.717, 1.165) is 37.0 Å². The van der Waals surface area contributed by atoms with Gasteiger partial charge in [0.25, 0.3) is 11.8 Å². The number of alkyl halides is 2. The number of anilines is 2. The van der Waals surface area contributed by atoms with Crippen LogP contribution in [0.2, 0.25) is 0 Å². The van der Waals surface area contributed by atoms with Crippen molar-refractivity contribution in [3.8, 4) is 23.0 Å². The molecule has 0 unspecified atom stereocenters. The summed E-state index contributed by atoms with van der Waals surface area (Å²) in [6.45, 7) is 5.49. The summed E-state index contributed by atoms with van der Waals surface area (Å²) < 4.78 is 68.4. The van der Waals surface area contributed by atoms with E-state index in [1.807, 2.05) is 0 Å². The second-order valence-electron chi connectivity index (χ2n) is 12.4. The van der Waals surface area contributed by atoms with Crippen LogP contribution in [-0.2, 0) is 10.0 Å². The van der Waals surface area contributed by atoms with Gasteiger partial charge in [-0.15, -0.1) is 10.2 Å². The highest BCUT2D eigenvalue weighted by molar-refractivity contribution is 7.89. The SMILES string of the molecule is CC(C)NS(=O)(=O)c1ccc(-c2nnc(-c3cc4ccoc4c(N4CCC(F)(F)CC4)n3)o2)c(N2CCC3(CC2)CC3)c1. The molecule has 0 radical (unpaired) electrons. The van der Waals surface area contributed by atoms with Crippen molar-refractivity contribution >= 4 is 32.5 Å². The van der Waals surface area contributed by atoms with Crippen molar-refractivity contribution < 1.29 is 26.0 Å². The van der Waals surface area contributed by atoms with Crippen LogP contribution >= 0.6 is 0 Å². The van der Waals surface area contributed by atoms with Gasteiger partial charge in [-0.2, -0.15) is 0 Å². The normalized spacial score (nSPS) is 19.9. The van der Waals surface area contributed by atoms with Gasteiger partial charge in [-0.05, 0) is 75.3 Å². The van der Waals surface area contributed by atoms with Crippen LogP contribution in [0.5, 0.6) is 0 Å². The van der Waals surface area contributed by atoms with Crippen molar-refractivity contribution in [2.45, 2.75) is 69.2 Å². The molecule has 2 aliphatic heterocycles. The van der Waals surface area contributed by atoms with Crippen LogP contribution in [0.15, 0.2) is 50.3 Å². The summed E-state index contributed by atoms with van der Waals surface area (Å²) in [5, 5.41) is 9.38. The van der Waals surface area contributed by atoms with Crippen molar-refractivity contribution in [1.82, 2.24) is 19.9 Å². The number of aromatic nitrogens is 3. The Morgan fingerprint density at radius 3 is 2.30 bits per heavy atom. The lowest BCUT2D eigenvalue weighted by Crippen LogP contribution is -2.39. The molecule has 1 saturated carbocycles. The molecule has 4 aromatic rings. The highest BCUT2D eigenvalue weighted by atomic mass is 32.2. The molecule has 7 rings (SSSR count). The molecule has 0 atom stereocenters. The summed E-state index contributed by atoms with van der Waals surface area (Å²) in [6.07, 6.45) is 5.64. The zero-order valence-corrected chi connectivity index (χ0v) is 25.0. The topological polar surface area (TPSA) is 118 Å². The number of hydrogen-bond donors (Lipinski definition) is 1. The Kier molecular flexibility index (Phi) is 6.73. The molecule has 1 N–H and O–H groups in total. The molecular formula is C30H34F2N6O4S. The minimum atomic E-state index is -3.72. The van der Waals surface area contributed by atoms with Crippen LogP contribution in [0, 0.1) is 5.41 Å². The maximum absolute atomic E-state index is 13.9. The predicted octanol–water partition coefficient (Wildman–Crippen LogP) is 5.85. The van der Waals surface area contributed by atoms with Crippen molar-refractivity contribution in [3.63, 3.8) is 0 Å². The standard InChI is InChI=1S/C30H34F2N6O4S/c1-19(2)36-43(39,40)21-3-4-22(24(18-21)37-12-8-29(6-7-29)9-13-37)27-34-35-28(42-27)23-17-20-5-16-41-25(20)26(33-23)38-14-10-30(31,32)11-15-38/h3-5,16-19,36H,6-15H2,1-2H3. The van der Waals surface area contributed by atoms with Gasteiger partial charge in [0.15, 0.2) is 11.4 Å². The molecule has 5 heterocycles. The Balaban J connectivity index is 1.25. The molecule has 0 amide bonds. The Morgan fingerprint density at radius 1 is 0.907 bits per heavy atom. The molecule has 2 saturated heterocycles. The van der Waals surface area contributed by atoms with Gasteiger partial charge >= 0.3 is 0 Å². The van der Waals surface area contributed by atoms with Crippen molar-refractivity contribution in [3.05, 3.63) is 36.6 Å². The van der Waals surface area contributed by atoms with E-state index in [2.05, 4.69) is 19.8 Å². The first kappa shape index (κ1) is 28.2. The van der Waals surface area contributed by atoms with Gasteiger partial charge in [-0.25, -0.2) is 26.9 Å². The highest BCUT2D eigenvalue weighted by Gasteiger charge is 2.45. The van der Waals surface area contributed by atoms with Crippen molar-refractivity contribution in [1.29, 1.82) is 0 Å². The predicted molar refractivity (Wildman–Crippen MR) is 158 cm³/mol. The van der Waals surface area contributed by atoms with Gasteiger partial charge in [0.1, 0.15) is 5.69 Å². The summed E-state index contributed by atoms with van der Waals surface area (Å²) in [6, 6.07) is 8.27. The minimum Gasteiger partial charge on any atom is -0.460 e. The molecular weight excluding hydrogens is 578 g/mol. The first-order valence-corrected chi connectivity index (χ1v) is 16.3. The van der Waals surface area contributed by atoms with Gasteiger partial charge in [0.2, 0.25) is 15.9 Å². The van der Waals surface area contributed by atoms with Crippen molar-refractivity contribution in [2.75, 3.05) is 36.0 Å². The van der Waals surface area contributed by atoms with E-state index in [0.29, 0.717) is 28.1 Å². The smallest absolute Gasteiger partial charge is 0.266 e. The number of nitrogens with zero attached hydrogens (tertiary/aromatic N) is 5. The number of nitrogens with one attached hydrogen (secondary N) is 1. The third-order valence-corrected chi connectivity index (χ3v) is 10.5. The summed E-state index contributed by atoms with van der Waals surface area (Å²) >= 11 is 0. The maximum atomic E-state index is 13.9. The number of halogens is 2. The lowest BCUT2D eigenvalue weighted by atomic mass is 9.93. The minimum absolute atomic E-state index is 0.149. The third-order valence-electron chi connectivity index (χ3n) is 8.88. The van der Waals surface area contributed by atoms with Crippen LogP contribution < -0.4 is 14.5 Å². The van der Waals surface area contributed by atoms with Gasteiger partial charge in [-0.3, -0.25) is 0 Å². The van der Waals surface area contributed by atoms with E-state index in [9.17, 15) is 17.2 Å². The lowest BCUT2D eigenvalue weighted by molar-refractivity contribution is -0.0221. The fraction of sp³-hybridized carbons (Fsp3) is 0.500. The Labute approximate surface area is 248 Å². The number of fused-ring (bicyclic) bond motifs is 1. The average Bonchev–Trinajstić information content (AvgIpc) is 3.34. The Bertz CT molecular complexity index is 1760. The number of hydrogen-bond acceptors (Lipinski definition) is 9. The number of pyridine rings is 1. The molecule has 1 aromatic carbocycles. The summed E-state index contributed by atoms with van der Waals surface area (Å²) in [7, 11) is -3.72. The molecule has 1 spiro atoms. The highest BCUT2D eigenvalue weighted by Crippen LogP contribution is 2.54. The molecule has 228 valence electrons. The molecule has 3 aliphatic rings. The number of piperidine rings is 2. The van der Waals surface area contributed by atoms with E-state index in [1.165, 1.54) is 19.1 Å². The molecule has 10 nitrogen and oxygen atoms in total. The second kappa shape index (κ2) is 10.3. The molecule has 0 bridgehead atoms. The summed E-state index contributed by atoms with van der Waals surface area (Å²) in [4.78, 5) is 8.91. The zero-order chi connectivity index (χ0) is 30.0. The van der Waals surface area contributed by atoms with E-state index in [1.54, 1.807) is 49.1 Å². The maximum Gasteiger partial charge on any atom is 0.266 e. The molecule has 13 heteroatoms. The monoisotopic (exact) mass is 612 g/mol. The fourth-order valence-corrected chi connectivity index (χ4v) is 7.43. The molecule has 3 fully saturated rings. The van der Waals surface area contributed by atoms with Gasteiger partial charge < -0.3 is 18.6 Å². The van der Waals surface area contributed by atoms with E-state index in [-0.39, 0.29) is 48.6 Å². The van der Waals surface area contributed by atoms with Gasteiger partial charge in [-0.1, -0.05) is 0 Å². The van der Waals surface area contributed by atoms with Crippen LogP contribution in [0.1, 0.15) is 52.4 Å². The van der Waals surface area contributed by atoms with Gasteiger partial charge in [0.05, 0.1) is 22.4 Å². The van der Waals surface area contributed by atoms with Crippen LogP contribution in [-0.4, -0.2) is 61.7 Å². The van der Waals surface area contributed by atoms with E-state index in [4.69, 9.17) is 13.8 Å². The number of rotatable bonds is 7. The second-order valence-corrected chi connectivity index (χ2v) is 14.1. The summed E-state index contributed by atoms with van der Waals surface area (Å²) in [5.41, 5.74) is 2.72. The zero-order valence-electron chi connectivity index (χ0n) is 24.1. The largest absolute Gasteiger partial charge is 0.460 e. The van der Waals surface area contributed by atoms with Crippen molar-refractivity contribution in [2.24, 2.45) is 5.41 Å². The number of benzene rings is 1. The molecule has 3 aromatic heterocycles. The van der Waals surface area contributed by atoms with Crippen LogP contribution in [0.3, 0.4) is 0 Å². The Morgan fingerprint density at radius 2 is 1.60 bits per heavy atom. The van der Waals surface area contributed by atoms with E-state index >= 15 is 0 Å². The molecule has 1 aliphatic carbocycles. The first-order valence-electron chi connectivity index (χ1n) is 14.8. The third kappa shape index (κ3) is 5.48. The molecule has 43 heavy (non-hydrogen) atoms. The average molecular weight is 613 g/mol. The summed E-state index contributed by atoms with van der Waals surface area (Å²) in [5.74, 6) is -1.82. The Hall–Kier alpha value is -3.58. The quantitative estimate of drug-likeness (QED) is 0.274. The van der Waals surface area contributed by atoms with E-state index < -0.39 is 15.9 Å². The van der Waals surface area contributed by atoms with Crippen LogP contribution in [0.4, 0.5) is 20.3 Å². The number of sulfonamides is 1. The lowest BCUT2D eigenvalue weighted by Gasteiger charge is -2.34. The first-order chi connectivity index (χ1) is 20.5. The fourth-order valence-electron chi connectivity index (χ4n) is 6.16. The van der Waals surface area contributed by atoms with Gasteiger partial charge in [0, 0.05) is 50.4 Å². The van der Waals surface area contributed by atoms with Crippen LogP contribution in [0.25, 0.3) is 34.0 Å².